The monoisotopic (exact) mass is 252 g/mol. The molecule has 1 aliphatic carbocycles. The van der Waals surface area contributed by atoms with Crippen molar-refractivity contribution in [2.75, 3.05) is 6.54 Å². The second kappa shape index (κ2) is 7.13. The third-order valence-electron chi connectivity index (χ3n) is 4.59. The first-order valence-corrected chi connectivity index (χ1v) is 7.78. The molecule has 2 aliphatic rings. The third kappa shape index (κ3) is 4.27. The summed E-state index contributed by atoms with van der Waals surface area (Å²) in [6.45, 7) is 3.26. The highest BCUT2D eigenvalue weighted by atomic mass is 16.1. The van der Waals surface area contributed by atoms with Crippen molar-refractivity contribution in [2.45, 2.75) is 76.8 Å². The zero-order valence-corrected chi connectivity index (χ0v) is 11.7. The fraction of sp³-hybridized carbons (Fsp3) is 0.933. The SMILES string of the molecule is CC(NC(=O)CC1CCCCN1)C1CCCCC1. The average molecular weight is 252 g/mol. The standard InChI is InChI=1S/C15H28N2O/c1-12(13-7-3-2-4-8-13)17-15(18)11-14-9-5-6-10-16-14/h12-14,16H,2-11H2,1H3,(H,17,18). The Kier molecular flexibility index (Phi) is 5.48. The molecule has 2 atom stereocenters. The Hall–Kier alpha value is -0.570. The van der Waals surface area contributed by atoms with Gasteiger partial charge in [0.15, 0.2) is 0 Å². The summed E-state index contributed by atoms with van der Waals surface area (Å²) in [6, 6.07) is 0.777. The molecular weight excluding hydrogens is 224 g/mol. The maximum absolute atomic E-state index is 12.0. The molecule has 2 N–H and O–H groups in total. The van der Waals surface area contributed by atoms with Crippen molar-refractivity contribution < 1.29 is 4.79 Å². The van der Waals surface area contributed by atoms with Gasteiger partial charge in [0.2, 0.25) is 5.91 Å². The lowest BCUT2D eigenvalue weighted by molar-refractivity contribution is -0.122. The number of carbonyl (C=O) groups is 1. The average Bonchev–Trinajstić information content (AvgIpc) is 2.40. The van der Waals surface area contributed by atoms with Crippen LogP contribution in [-0.4, -0.2) is 24.5 Å². The fourth-order valence-electron chi connectivity index (χ4n) is 3.39. The Labute approximate surface area is 111 Å². The summed E-state index contributed by atoms with van der Waals surface area (Å²) in [6.07, 6.45) is 11.0. The van der Waals surface area contributed by atoms with Gasteiger partial charge in [0, 0.05) is 18.5 Å². The predicted molar refractivity (Wildman–Crippen MR) is 74.4 cm³/mol. The molecule has 1 aliphatic heterocycles. The van der Waals surface area contributed by atoms with E-state index in [-0.39, 0.29) is 5.91 Å². The van der Waals surface area contributed by atoms with Gasteiger partial charge in [0.1, 0.15) is 0 Å². The summed E-state index contributed by atoms with van der Waals surface area (Å²) in [5.41, 5.74) is 0. The lowest BCUT2D eigenvalue weighted by Gasteiger charge is -2.29. The first kappa shape index (κ1) is 13.9. The highest BCUT2D eigenvalue weighted by molar-refractivity contribution is 5.76. The van der Waals surface area contributed by atoms with Gasteiger partial charge in [-0.1, -0.05) is 25.7 Å². The molecule has 3 nitrogen and oxygen atoms in total. The molecule has 0 aromatic heterocycles. The Morgan fingerprint density at radius 1 is 1.17 bits per heavy atom. The molecule has 0 radical (unpaired) electrons. The van der Waals surface area contributed by atoms with Gasteiger partial charge in [0.05, 0.1) is 0 Å². The van der Waals surface area contributed by atoms with Gasteiger partial charge in [-0.25, -0.2) is 0 Å². The van der Waals surface area contributed by atoms with Crippen LogP contribution in [0.1, 0.15) is 64.7 Å². The van der Waals surface area contributed by atoms with Crippen LogP contribution in [0.5, 0.6) is 0 Å². The van der Waals surface area contributed by atoms with E-state index in [4.69, 9.17) is 0 Å². The zero-order chi connectivity index (χ0) is 12.8. The summed E-state index contributed by atoms with van der Waals surface area (Å²) >= 11 is 0. The van der Waals surface area contributed by atoms with Gasteiger partial charge in [0.25, 0.3) is 0 Å². The summed E-state index contributed by atoms with van der Waals surface area (Å²) in [4.78, 5) is 12.0. The minimum Gasteiger partial charge on any atom is -0.353 e. The molecular formula is C15H28N2O. The molecule has 0 spiro atoms. The molecule has 1 heterocycles. The summed E-state index contributed by atoms with van der Waals surface area (Å²) in [5.74, 6) is 0.953. The summed E-state index contributed by atoms with van der Waals surface area (Å²) < 4.78 is 0. The number of carbonyl (C=O) groups excluding carboxylic acids is 1. The molecule has 1 amide bonds. The van der Waals surface area contributed by atoms with Crippen LogP contribution in [0, 0.1) is 5.92 Å². The van der Waals surface area contributed by atoms with Crippen molar-refractivity contribution in [3.63, 3.8) is 0 Å². The van der Waals surface area contributed by atoms with E-state index in [1.807, 2.05) is 0 Å². The smallest absolute Gasteiger partial charge is 0.221 e. The molecule has 0 aromatic carbocycles. The molecule has 104 valence electrons. The zero-order valence-electron chi connectivity index (χ0n) is 11.7. The van der Waals surface area contributed by atoms with E-state index in [9.17, 15) is 4.79 Å². The molecule has 2 fully saturated rings. The van der Waals surface area contributed by atoms with Crippen molar-refractivity contribution in [1.29, 1.82) is 0 Å². The van der Waals surface area contributed by atoms with Gasteiger partial charge in [-0.2, -0.15) is 0 Å². The van der Waals surface area contributed by atoms with Crippen LogP contribution < -0.4 is 10.6 Å². The van der Waals surface area contributed by atoms with Crippen LogP contribution in [0.2, 0.25) is 0 Å². The maximum Gasteiger partial charge on any atom is 0.221 e. The second-order valence-electron chi connectivity index (χ2n) is 6.11. The van der Waals surface area contributed by atoms with E-state index in [1.54, 1.807) is 0 Å². The maximum atomic E-state index is 12.0. The Morgan fingerprint density at radius 3 is 2.56 bits per heavy atom. The lowest BCUT2D eigenvalue weighted by Crippen LogP contribution is -2.43. The summed E-state index contributed by atoms with van der Waals surface area (Å²) in [5, 5.41) is 6.66. The van der Waals surface area contributed by atoms with E-state index in [0.717, 1.165) is 13.0 Å². The molecule has 1 saturated carbocycles. The van der Waals surface area contributed by atoms with Crippen LogP contribution in [0.25, 0.3) is 0 Å². The minimum absolute atomic E-state index is 0.243. The normalized spacial score (nSPS) is 27.7. The highest BCUT2D eigenvalue weighted by Crippen LogP contribution is 2.26. The molecule has 1 saturated heterocycles. The van der Waals surface area contributed by atoms with Gasteiger partial charge in [-0.15, -0.1) is 0 Å². The molecule has 3 heteroatoms. The second-order valence-corrected chi connectivity index (χ2v) is 6.11. The van der Waals surface area contributed by atoms with Gasteiger partial charge in [-0.3, -0.25) is 4.79 Å². The number of hydrogen-bond acceptors (Lipinski definition) is 2. The van der Waals surface area contributed by atoms with Crippen LogP contribution >= 0.6 is 0 Å². The van der Waals surface area contributed by atoms with Crippen LogP contribution in [0.3, 0.4) is 0 Å². The molecule has 2 unspecified atom stereocenters. The van der Waals surface area contributed by atoms with E-state index in [2.05, 4.69) is 17.6 Å². The highest BCUT2D eigenvalue weighted by Gasteiger charge is 2.23. The van der Waals surface area contributed by atoms with Crippen molar-refractivity contribution >= 4 is 5.91 Å². The number of piperidine rings is 1. The fourth-order valence-corrected chi connectivity index (χ4v) is 3.39. The van der Waals surface area contributed by atoms with Crippen LogP contribution in [0.4, 0.5) is 0 Å². The topological polar surface area (TPSA) is 41.1 Å². The van der Waals surface area contributed by atoms with E-state index in [1.165, 1.54) is 44.9 Å². The largest absolute Gasteiger partial charge is 0.353 e. The lowest BCUT2D eigenvalue weighted by atomic mass is 9.84. The number of nitrogens with one attached hydrogen (secondary N) is 2. The van der Waals surface area contributed by atoms with Crippen LogP contribution in [0.15, 0.2) is 0 Å². The number of rotatable bonds is 4. The van der Waals surface area contributed by atoms with Gasteiger partial charge in [-0.05, 0) is 45.1 Å². The minimum atomic E-state index is 0.243. The van der Waals surface area contributed by atoms with Gasteiger partial charge < -0.3 is 10.6 Å². The molecule has 18 heavy (non-hydrogen) atoms. The first-order chi connectivity index (χ1) is 8.75. The van der Waals surface area contributed by atoms with Crippen molar-refractivity contribution in [3.8, 4) is 0 Å². The number of hydrogen-bond donors (Lipinski definition) is 2. The van der Waals surface area contributed by atoms with Crippen molar-refractivity contribution in [1.82, 2.24) is 10.6 Å². The predicted octanol–water partition coefficient (Wildman–Crippen LogP) is 2.60. The van der Waals surface area contributed by atoms with Gasteiger partial charge >= 0.3 is 0 Å². The van der Waals surface area contributed by atoms with Crippen molar-refractivity contribution in [3.05, 3.63) is 0 Å². The van der Waals surface area contributed by atoms with Crippen molar-refractivity contribution in [2.24, 2.45) is 5.92 Å². The van der Waals surface area contributed by atoms with E-state index in [0.29, 0.717) is 24.4 Å². The summed E-state index contributed by atoms with van der Waals surface area (Å²) in [7, 11) is 0. The molecule has 2 rings (SSSR count). The number of amides is 1. The van der Waals surface area contributed by atoms with E-state index >= 15 is 0 Å². The Balaban J connectivity index is 1.68. The Bertz CT molecular complexity index is 255. The molecule has 0 bridgehead atoms. The quantitative estimate of drug-likeness (QED) is 0.807. The first-order valence-electron chi connectivity index (χ1n) is 7.78. The van der Waals surface area contributed by atoms with Crippen LogP contribution in [-0.2, 0) is 4.79 Å². The third-order valence-corrected chi connectivity index (χ3v) is 4.59. The van der Waals surface area contributed by atoms with E-state index < -0.39 is 0 Å². The Morgan fingerprint density at radius 2 is 1.89 bits per heavy atom. The molecule has 0 aromatic rings.